The van der Waals surface area contributed by atoms with E-state index in [1.807, 2.05) is 0 Å². The highest BCUT2D eigenvalue weighted by molar-refractivity contribution is 5.91. The van der Waals surface area contributed by atoms with Gasteiger partial charge in [-0.25, -0.2) is 4.79 Å². The van der Waals surface area contributed by atoms with E-state index in [0.29, 0.717) is 19.1 Å². The number of hydrogen-bond donors (Lipinski definition) is 0. The molecule has 0 spiro atoms. The van der Waals surface area contributed by atoms with Gasteiger partial charge < -0.3 is 4.74 Å². The van der Waals surface area contributed by atoms with Gasteiger partial charge in [0.1, 0.15) is 0 Å². The molecule has 0 N–H and O–H groups in total. The van der Waals surface area contributed by atoms with Crippen LogP contribution >= 0.6 is 0 Å². The van der Waals surface area contributed by atoms with Crippen molar-refractivity contribution in [3.05, 3.63) is 39.9 Å². The smallest absolute Gasteiger partial charge is 0.339 e. The number of rotatable bonds is 4. The van der Waals surface area contributed by atoms with E-state index in [2.05, 4.69) is 0 Å². The van der Waals surface area contributed by atoms with Crippen LogP contribution in [0.1, 0.15) is 42.5 Å². The van der Waals surface area contributed by atoms with Crippen LogP contribution in [0.2, 0.25) is 0 Å². The van der Waals surface area contributed by atoms with Crippen molar-refractivity contribution in [2.45, 2.75) is 37.7 Å². The number of nitro groups is 1. The number of carbonyl (C=O) groups is 2. The number of aldehydes is 1. The number of carbonyl (C=O) groups excluding carboxylic acids is 2. The second-order valence-electron chi connectivity index (χ2n) is 4.94. The van der Waals surface area contributed by atoms with Crippen LogP contribution in [0.5, 0.6) is 0 Å². The van der Waals surface area contributed by atoms with Crippen LogP contribution in [-0.4, -0.2) is 22.8 Å². The average molecular weight is 277 g/mol. The van der Waals surface area contributed by atoms with Crippen LogP contribution in [0, 0.1) is 10.1 Å². The molecule has 20 heavy (non-hydrogen) atoms. The number of non-ortho nitro benzene ring substituents is 1. The highest BCUT2D eigenvalue weighted by Crippen LogP contribution is 2.30. The molecule has 0 atom stereocenters. The molecule has 0 heterocycles. The topological polar surface area (TPSA) is 86.5 Å². The lowest BCUT2D eigenvalue weighted by atomic mass is 9.86. The number of hydrogen-bond acceptors (Lipinski definition) is 5. The van der Waals surface area contributed by atoms with Gasteiger partial charge in [0, 0.05) is 12.1 Å². The predicted molar refractivity (Wildman–Crippen MR) is 70.4 cm³/mol. The summed E-state index contributed by atoms with van der Waals surface area (Å²) in [5.41, 5.74) is -0.913. The van der Waals surface area contributed by atoms with Gasteiger partial charge in [-0.15, -0.1) is 0 Å². The first-order valence-electron chi connectivity index (χ1n) is 6.50. The fourth-order valence-electron chi connectivity index (χ4n) is 2.36. The van der Waals surface area contributed by atoms with Gasteiger partial charge in [-0.2, -0.15) is 0 Å². The number of nitrogens with zero attached hydrogens (tertiary/aromatic N) is 1. The molecule has 106 valence electrons. The largest absolute Gasteiger partial charge is 0.448 e. The van der Waals surface area contributed by atoms with Crippen LogP contribution in [0.15, 0.2) is 24.3 Å². The lowest BCUT2D eigenvalue weighted by molar-refractivity contribution is -0.384. The van der Waals surface area contributed by atoms with E-state index < -0.39 is 16.5 Å². The summed E-state index contributed by atoms with van der Waals surface area (Å²) in [6.45, 7) is 0. The van der Waals surface area contributed by atoms with Gasteiger partial charge in [0.25, 0.3) is 5.69 Å². The summed E-state index contributed by atoms with van der Waals surface area (Å²) >= 11 is 0. The normalized spacial score (nSPS) is 17.2. The third-order valence-electron chi connectivity index (χ3n) is 3.52. The molecule has 0 saturated heterocycles. The van der Waals surface area contributed by atoms with E-state index in [0.717, 1.165) is 19.3 Å². The Morgan fingerprint density at radius 2 is 1.80 bits per heavy atom. The maximum Gasteiger partial charge on any atom is 0.339 e. The molecule has 1 aliphatic carbocycles. The molecule has 1 aromatic carbocycles. The van der Waals surface area contributed by atoms with Crippen LogP contribution in [0.4, 0.5) is 5.69 Å². The van der Waals surface area contributed by atoms with Gasteiger partial charge >= 0.3 is 5.97 Å². The zero-order chi connectivity index (χ0) is 14.6. The zero-order valence-corrected chi connectivity index (χ0v) is 10.9. The first-order valence-corrected chi connectivity index (χ1v) is 6.50. The van der Waals surface area contributed by atoms with Crippen LogP contribution in [0.25, 0.3) is 0 Å². The van der Waals surface area contributed by atoms with Crippen LogP contribution < -0.4 is 0 Å². The summed E-state index contributed by atoms with van der Waals surface area (Å²) in [5.74, 6) is -0.617. The Labute approximate surface area is 115 Å². The molecule has 0 bridgehead atoms. The van der Waals surface area contributed by atoms with Crippen molar-refractivity contribution in [2.75, 3.05) is 0 Å². The molecule has 0 unspecified atom stereocenters. The Morgan fingerprint density at radius 1 is 1.20 bits per heavy atom. The molecule has 0 radical (unpaired) electrons. The van der Waals surface area contributed by atoms with Crippen molar-refractivity contribution in [3.8, 4) is 0 Å². The lowest BCUT2D eigenvalue weighted by Crippen LogP contribution is -2.38. The monoisotopic (exact) mass is 277 g/mol. The molecule has 1 aliphatic rings. The molecule has 6 heteroatoms. The third kappa shape index (κ3) is 3.01. The Kier molecular flexibility index (Phi) is 4.12. The van der Waals surface area contributed by atoms with E-state index >= 15 is 0 Å². The fraction of sp³-hybridized carbons (Fsp3) is 0.429. The van der Waals surface area contributed by atoms with E-state index in [-0.39, 0.29) is 11.3 Å². The van der Waals surface area contributed by atoms with Crippen LogP contribution in [-0.2, 0) is 9.53 Å². The van der Waals surface area contributed by atoms with E-state index in [1.54, 1.807) is 0 Å². The molecular formula is C14H15NO5. The molecule has 6 nitrogen and oxygen atoms in total. The summed E-state index contributed by atoms with van der Waals surface area (Å²) in [5, 5.41) is 10.5. The third-order valence-corrected chi connectivity index (χ3v) is 3.52. The standard InChI is InChI=1S/C14H15NO5/c16-10-14(8-2-1-3-9-14)20-13(17)11-4-6-12(7-5-11)15(18)19/h4-7,10H,1-3,8-9H2. The molecule has 1 fully saturated rings. The van der Waals surface area contributed by atoms with Crippen LogP contribution in [0.3, 0.4) is 0 Å². The number of nitro benzene ring substituents is 1. The molecular weight excluding hydrogens is 262 g/mol. The SMILES string of the molecule is O=CC1(OC(=O)c2ccc([N+](=O)[O-])cc2)CCCCC1. The molecule has 1 aromatic rings. The van der Waals surface area contributed by atoms with Crippen molar-refractivity contribution < 1.29 is 19.2 Å². The number of ether oxygens (including phenoxy) is 1. The molecule has 1 saturated carbocycles. The van der Waals surface area contributed by atoms with E-state index in [1.165, 1.54) is 24.3 Å². The predicted octanol–water partition coefficient (Wildman–Crippen LogP) is 2.65. The Hall–Kier alpha value is -2.24. The minimum atomic E-state index is -1.03. The van der Waals surface area contributed by atoms with Crippen molar-refractivity contribution in [3.63, 3.8) is 0 Å². The van der Waals surface area contributed by atoms with Crippen molar-refractivity contribution in [2.24, 2.45) is 0 Å². The number of esters is 1. The highest BCUT2D eigenvalue weighted by Gasteiger charge is 2.36. The van der Waals surface area contributed by atoms with Gasteiger partial charge in [0.15, 0.2) is 11.9 Å². The molecule has 0 aliphatic heterocycles. The molecule has 2 rings (SSSR count). The second-order valence-corrected chi connectivity index (χ2v) is 4.94. The van der Waals surface area contributed by atoms with Crippen molar-refractivity contribution in [1.82, 2.24) is 0 Å². The summed E-state index contributed by atoms with van der Waals surface area (Å²) < 4.78 is 5.34. The fourth-order valence-corrected chi connectivity index (χ4v) is 2.36. The first-order chi connectivity index (χ1) is 9.56. The first kappa shape index (κ1) is 14.2. The zero-order valence-electron chi connectivity index (χ0n) is 10.9. The molecule has 0 amide bonds. The minimum absolute atomic E-state index is 0.0932. The quantitative estimate of drug-likeness (QED) is 0.365. The van der Waals surface area contributed by atoms with Gasteiger partial charge in [-0.3, -0.25) is 14.9 Å². The maximum absolute atomic E-state index is 12.0. The summed E-state index contributed by atoms with van der Waals surface area (Å²) in [7, 11) is 0. The minimum Gasteiger partial charge on any atom is -0.448 e. The Bertz CT molecular complexity index is 517. The summed E-state index contributed by atoms with van der Waals surface area (Å²) in [6.07, 6.45) is 4.52. The second kappa shape index (κ2) is 5.81. The van der Waals surface area contributed by atoms with Gasteiger partial charge in [-0.1, -0.05) is 6.42 Å². The van der Waals surface area contributed by atoms with Gasteiger partial charge in [-0.05, 0) is 37.8 Å². The Balaban J connectivity index is 2.10. The van der Waals surface area contributed by atoms with Crippen molar-refractivity contribution >= 4 is 17.9 Å². The van der Waals surface area contributed by atoms with E-state index in [9.17, 15) is 19.7 Å². The van der Waals surface area contributed by atoms with Crippen molar-refractivity contribution in [1.29, 1.82) is 0 Å². The lowest BCUT2D eigenvalue weighted by Gasteiger charge is -2.31. The maximum atomic E-state index is 12.0. The Morgan fingerprint density at radius 3 is 2.30 bits per heavy atom. The average Bonchev–Trinajstić information content (AvgIpc) is 2.48. The molecule has 0 aromatic heterocycles. The summed E-state index contributed by atoms with van der Waals surface area (Å²) in [6, 6.07) is 5.15. The van der Waals surface area contributed by atoms with E-state index in [4.69, 9.17) is 4.74 Å². The number of benzene rings is 1. The van der Waals surface area contributed by atoms with Gasteiger partial charge in [0.2, 0.25) is 0 Å². The summed E-state index contributed by atoms with van der Waals surface area (Å²) in [4.78, 5) is 33.2. The van der Waals surface area contributed by atoms with Gasteiger partial charge in [0.05, 0.1) is 10.5 Å². The highest BCUT2D eigenvalue weighted by atomic mass is 16.6.